The van der Waals surface area contributed by atoms with E-state index in [0.717, 1.165) is 41.8 Å². The van der Waals surface area contributed by atoms with Crippen molar-refractivity contribution in [2.24, 2.45) is 0 Å². The van der Waals surface area contributed by atoms with Crippen LogP contribution in [-0.2, 0) is 6.54 Å². The summed E-state index contributed by atoms with van der Waals surface area (Å²) in [5, 5.41) is 7.23. The van der Waals surface area contributed by atoms with E-state index < -0.39 is 6.09 Å². The molecule has 5 heterocycles. The number of pyridine rings is 1. The van der Waals surface area contributed by atoms with Crippen molar-refractivity contribution in [3.05, 3.63) is 52.6 Å². The summed E-state index contributed by atoms with van der Waals surface area (Å²) in [5.74, 6) is 1.06. The monoisotopic (exact) mass is 499 g/mol. The van der Waals surface area contributed by atoms with Gasteiger partial charge in [0.15, 0.2) is 5.76 Å². The van der Waals surface area contributed by atoms with Crippen molar-refractivity contribution in [3.63, 3.8) is 0 Å². The first-order valence-electron chi connectivity index (χ1n) is 11.3. The Balaban J connectivity index is 1.31. The average Bonchev–Trinajstić information content (AvgIpc) is 3.54. The summed E-state index contributed by atoms with van der Waals surface area (Å²) in [6.07, 6.45) is 3.08. The second kappa shape index (κ2) is 9.77. The summed E-state index contributed by atoms with van der Waals surface area (Å²) >= 11 is 7.47. The van der Waals surface area contributed by atoms with E-state index in [1.54, 1.807) is 12.3 Å². The van der Waals surface area contributed by atoms with Crippen molar-refractivity contribution in [2.45, 2.75) is 45.3 Å². The maximum Gasteiger partial charge on any atom is 0.414 e. The number of hydrogen-bond donors (Lipinski definition) is 1. The van der Waals surface area contributed by atoms with Gasteiger partial charge in [0, 0.05) is 43.5 Å². The summed E-state index contributed by atoms with van der Waals surface area (Å²) in [4.78, 5) is 20.5. The number of fused-ring (bicyclic) bond motifs is 1. The number of hydrogen-bond acceptors (Lipinski definition) is 7. The normalized spacial score (nSPS) is 15.3. The van der Waals surface area contributed by atoms with Gasteiger partial charge < -0.3 is 24.0 Å². The number of thiophene rings is 1. The molecule has 5 rings (SSSR count). The van der Waals surface area contributed by atoms with E-state index in [-0.39, 0.29) is 6.04 Å². The third-order valence-corrected chi connectivity index (χ3v) is 7.35. The minimum Gasteiger partial charge on any atom is -0.393 e. The molecule has 1 amide bonds. The molecule has 10 heteroatoms. The molecule has 0 aliphatic carbocycles. The smallest absolute Gasteiger partial charge is 0.393 e. The molecule has 1 fully saturated rings. The fraction of sp³-hybridized carbons (Fsp3) is 0.375. The highest BCUT2D eigenvalue weighted by Gasteiger charge is 2.24. The van der Waals surface area contributed by atoms with Crippen molar-refractivity contribution >= 4 is 40.1 Å². The van der Waals surface area contributed by atoms with Crippen molar-refractivity contribution in [1.29, 1.82) is 0 Å². The number of likely N-dealkylation sites (tertiary alicyclic amines) is 1. The Bertz CT molecular complexity index is 1290. The molecule has 0 bridgehead atoms. The molecular weight excluding hydrogens is 474 g/mol. The van der Waals surface area contributed by atoms with Gasteiger partial charge in [-0.1, -0.05) is 16.8 Å². The van der Waals surface area contributed by atoms with Gasteiger partial charge in [0.05, 0.1) is 26.8 Å². The zero-order valence-electron chi connectivity index (χ0n) is 19.0. The quantitative estimate of drug-likeness (QED) is 0.381. The molecule has 4 aromatic heterocycles. The second-order valence-corrected chi connectivity index (χ2v) is 10.4. The van der Waals surface area contributed by atoms with E-state index in [0.29, 0.717) is 34.3 Å². The first-order valence-corrected chi connectivity index (χ1v) is 12.5. The third-order valence-electron chi connectivity index (χ3n) is 6.11. The van der Waals surface area contributed by atoms with E-state index in [4.69, 9.17) is 20.9 Å². The Labute approximate surface area is 206 Å². The van der Waals surface area contributed by atoms with Crippen molar-refractivity contribution in [1.82, 2.24) is 24.9 Å². The Hall–Kier alpha value is -2.88. The summed E-state index contributed by atoms with van der Waals surface area (Å²) in [5.41, 5.74) is 2.29. The maximum absolute atomic E-state index is 12.7. The minimum atomic E-state index is -0.457. The number of carbonyl (C=O) groups excluding carboxylic acids is 1. The summed E-state index contributed by atoms with van der Waals surface area (Å²) in [6, 6.07) is 11.8. The highest BCUT2D eigenvalue weighted by atomic mass is 35.5. The molecule has 8 nitrogen and oxygen atoms in total. The molecule has 1 aliphatic heterocycles. The summed E-state index contributed by atoms with van der Waals surface area (Å²) < 4.78 is 13.8. The van der Waals surface area contributed by atoms with Gasteiger partial charge in [-0.15, -0.1) is 11.3 Å². The molecular formula is C24H26ClN5O3S. The Morgan fingerprint density at radius 1 is 1.29 bits per heavy atom. The van der Waals surface area contributed by atoms with Gasteiger partial charge in [0.2, 0.25) is 5.88 Å². The predicted molar refractivity (Wildman–Crippen MR) is 133 cm³/mol. The minimum absolute atomic E-state index is 0.106. The van der Waals surface area contributed by atoms with Crippen LogP contribution in [0.1, 0.15) is 32.4 Å². The summed E-state index contributed by atoms with van der Waals surface area (Å²) in [6.45, 7) is 6.70. The van der Waals surface area contributed by atoms with Gasteiger partial charge >= 0.3 is 6.09 Å². The molecule has 0 unspecified atom stereocenters. The number of rotatable bonds is 6. The first-order chi connectivity index (χ1) is 16.5. The van der Waals surface area contributed by atoms with E-state index in [9.17, 15) is 4.79 Å². The van der Waals surface area contributed by atoms with Crippen LogP contribution in [0.4, 0.5) is 4.79 Å². The van der Waals surface area contributed by atoms with Crippen LogP contribution >= 0.6 is 22.9 Å². The number of halogens is 1. The van der Waals surface area contributed by atoms with Crippen LogP contribution in [0, 0.1) is 0 Å². The molecule has 34 heavy (non-hydrogen) atoms. The first kappa shape index (κ1) is 22.9. The van der Waals surface area contributed by atoms with Crippen LogP contribution in [0.15, 0.2) is 47.1 Å². The standard InChI is InChI=1S/C24H26ClN5O3S/c1-15(2)29-10-7-16(8-11-29)27-24(31)32-23-13-18-19(4-3-9-26-18)30(23)14-17-12-20(33-28-17)21-5-6-22(25)34-21/h3-6,9,12-13,15-16H,7-8,10-11,14H2,1-2H3,(H,27,31). The lowest BCUT2D eigenvalue weighted by Crippen LogP contribution is -2.47. The van der Waals surface area contributed by atoms with Crippen LogP contribution in [-0.4, -0.2) is 50.9 Å². The molecule has 0 aromatic carbocycles. The van der Waals surface area contributed by atoms with Crippen molar-refractivity contribution < 1.29 is 14.1 Å². The zero-order chi connectivity index (χ0) is 23.7. The summed E-state index contributed by atoms with van der Waals surface area (Å²) in [7, 11) is 0. The van der Waals surface area contributed by atoms with Crippen LogP contribution in [0.5, 0.6) is 5.88 Å². The molecule has 178 valence electrons. The third kappa shape index (κ3) is 4.96. The number of ether oxygens (including phenoxy) is 1. The highest BCUT2D eigenvalue weighted by Crippen LogP contribution is 2.32. The topological polar surface area (TPSA) is 85.4 Å². The number of piperidine rings is 1. The fourth-order valence-corrected chi connectivity index (χ4v) is 5.26. The number of carbonyl (C=O) groups is 1. The lowest BCUT2D eigenvalue weighted by Gasteiger charge is -2.34. The van der Waals surface area contributed by atoms with Crippen LogP contribution in [0.3, 0.4) is 0 Å². The molecule has 1 saturated heterocycles. The molecule has 0 saturated carbocycles. The SMILES string of the molecule is CC(C)N1CCC(NC(=O)Oc2cc3ncccc3n2Cc2cc(-c3ccc(Cl)s3)on2)CC1. The highest BCUT2D eigenvalue weighted by molar-refractivity contribution is 7.19. The van der Waals surface area contributed by atoms with E-state index >= 15 is 0 Å². The molecule has 0 spiro atoms. The van der Waals surface area contributed by atoms with E-state index in [1.165, 1.54) is 11.3 Å². The van der Waals surface area contributed by atoms with Gasteiger partial charge in [0.1, 0.15) is 5.69 Å². The maximum atomic E-state index is 12.7. The van der Waals surface area contributed by atoms with Gasteiger partial charge in [-0.05, 0) is 51.0 Å². The second-order valence-electron chi connectivity index (χ2n) is 8.70. The Morgan fingerprint density at radius 2 is 2.12 bits per heavy atom. The zero-order valence-corrected chi connectivity index (χ0v) is 20.6. The molecule has 1 aliphatic rings. The predicted octanol–water partition coefficient (Wildman–Crippen LogP) is 5.42. The van der Waals surface area contributed by atoms with Crippen LogP contribution in [0.2, 0.25) is 4.34 Å². The van der Waals surface area contributed by atoms with Gasteiger partial charge in [-0.3, -0.25) is 4.98 Å². The lowest BCUT2D eigenvalue weighted by atomic mass is 10.0. The molecule has 0 radical (unpaired) electrons. The molecule has 0 atom stereocenters. The van der Waals surface area contributed by atoms with E-state index in [2.05, 4.69) is 34.2 Å². The Morgan fingerprint density at radius 3 is 2.85 bits per heavy atom. The van der Waals surface area contributed by atoms with Crippen LogP contribution in [0.25, 0.3) is 21.7 Å². The number of nitrogens with one attached hydrogen (secondary N) is 1. The number of nitrogens with zero attached hydrogens (tertiary/aromatic N) is 4. The van der Waals surface area contributed by atoms with Crippen molar-refractivity contribution in [2.75, 3.05) is 13.1 Å². The molecule has 1 N–H and O–H groups in total. The van der Waals surface area contributed by atoms with E-state index in [1.807, 2.05) is 34.9 Å². The average molecular weight is 500 g/mol. The Kier molecular flexibility index (Phi) is 6.58. The number of aromatic nitrogens is 3. The van der Waals surface area contributed by atoms with Gasteiger partial charge in [0.25, 0.3) is 0 Å². The molecule has 4 aromatic rings. The van der Waals surface area contributed by atoms with Gasteiger partial charge in [-0.25, -0.2) is 4.79 Å². The largest absolute Gasteiger partial charge is 0.414 e. The lowest BCUT2D eigenvalue weighted by molar-refractivity contribution is 0.151. The fourth-order valence-electron chi connectivity index (χ4n) is 4.27. The van der Waals surface area contributed by atoms with Crippen molar-refractivity contribution in [3.8, 4) is 16.5 Å². The van der Waals surface area contributed by atoms with Gasteiger partial charge in [-0.2, -0.15) is 0 Å². The number of amides is 1. The van der Waals surface area contributed by atoms with Crippen LogP contribution < -0.4 is 10.1 Å².